The predicted octanol–water partition coefficient (Wildman–Crippen LogP) is 0.923. The summed E-state index contributed by atoms with van der Waals surface area (Å²) in [7, 11) is 0. The molecule has 164 valence electrons. The normalized spacial score (nSPS) is 22.7. The van der Waals surface area contributed by atoms with E-state index in [0.29, 0.717) is 0 Å². The van der Waals surface area contributed by atoms with Crippen LogP contribution in [0.2, 0.25) is 0 Å². The van der Waals surface area contributed by atoms with E-state index in [1.165, 1.54) is 31.7 Å². The van der Waals surface area contributed by atoms with Crippen LogP contribution in [0.25, 0.3) is 11.4 Å². The molecule has 0 aromatic rings. The highest BCUT2D eigenvalue weighted by molar-refractivity contribution is 9.10. The molecule has 13 heteroatoms. The van der Waals surface area contributed by atoms with Gasteiger partial charge in [0.25, 0.3) is 0 Å². The lowest BCUT2D eigenvalue weighted by atomic mass is 10.1. The first-order chi connectivity index (χ1) is 14.6. The maximum atomic E-state index is 11.8. The van der Waals surface area contributed by atoms with Crippen LogP contribution in [0.3, 0.4) is 0 Å². The molecule has 3 heterocycles. The smallest absolute Gasteiger partial charge is 0.303 e. The molecule has 0 bridgehead atoms. The maximum Gasteiger partial charge on any atom is 0.303 e. The number of esters is 3. The van der Waals surface area contributed by atoms with Gasteiger partial charge in [0.15, 0.2) is 18.4 Å². The third-order valence-electron chi connectivity index (χ3n) is 4.43. The van der Waals surface area contributed by atoms with Crippen molar-refractivity contribution in [2.45, 2.75) is 45.3 Å². The first kappa shape index (κ1) is 22.4. The Morgan fingerprint density at radius 2 is 1.87 bits per heavy atom. The molecule has 0 aromatic heterocycles. The fourth-order valence-electron chi connectivity index (χ4n) is 3.30. The molecule has 12 nitrogen and oxygen atoms in total. The van der Waals surface area contributed by atoms with Crippen LogP contribution in [0.4, 0.5) is 5.82 Å². The monoisotopic (exact) mass is 495 g/mol. The highest BCUT2D eigenvalue weighted by Gasteiger charge is 2.51. The number of nitrogens with zero attached hydrogens (tertiary/aromatic N) is 4. The van der Waals surface area contributed by atoms with E-state index in [1.54, 1.807) is 0 Å². The summed E-state index contributed by atoms with van der Waals surface area (Å²) in [6.07, 6.45) is -2.92. The molecule has 3 rings (SSSR count). The van der Waals surface area contributed by atoms with Gasteiger partial charge in [0, 0.05) is 20.8 Å². The van der Waals surface area contributed by atoms with E-state index in [0.717, 1.165) is 0 Å². The van der Waals surface area contributed by atoms with Crippen molar-refractivity contribution in [1.82, 2.24) is 14.5 Å². The number of anilines is 1. The van der Waals surface area contributed by atoms with Crippen molar-refractivity contribution >= 4 is 39.7 Å². The van der Waals surface area contributed by atoms with E-state index in [9.17, 15) is 19.6 Å². The molecule has 2 N–H and O–H groups in total. The fourth-order valence-corrected chi connectivity index (χ4v) is 3.75. The van der Waals surface area contributed by atoms with Gasteiger partial charge < -0.3 is 24.7 Å². The Hall–Kier alpha value is -3.24. The van der Waals surface area contributed by atoms with Crippen molar-refractivity contribution < 1.29 is 33.3 Å². The van der Waals surface area contributed by atoms with Gasteiger partial charge >= 0.3 is 17.9 Å². The van der Waals surface area contributed by atoms with Crippen molar-refractivity contribution in [3.05, 3.63) is 16.5 Å². The van der Waals surface area contributed by atoms with Gasteiger partial charge in [-0.3, -0.25) is 19.0 Å². The van der Waals surface area contributed by atoms with Gasteiger partial charge in [-0.15, -0.1) is 0 Å². The number of hydrogen-bond acceptors (Lipinski definition) is 11. The second kappa shape index (κ2) is 8.86. The lowest BCUT2D eigenvalue weighted by molar-refractivity contribution is -0.166. The molecular weight excluding hydrogens is 478 g/mol. The van der Waals surface area contributed by atoms with Crippen LogP contribution in [0, 0.1) is 11.3 Å². The molecular formula is C18H18BrN5O7. The lowest BCUT2D eigenvalue weighted by Gasteiger charge is -2.25. The lowest BCUT2D eigenvalue weighted by Crippen LogP contribution is -2.40. The van der Waals surface area contributed by atoms with Gasteiger partial charge in [-0.05, 0) is 15.9 Å². The summed E-state index contributed by atoms with van der Waals surface area (Å²) in [6.45, 7) is 3.34. The Balaban J connectivity index is 2.09. The van der Waals surface area contributed by atoms with Crippen molar-refractivity contribution in [1.29, 1.82) is 5.26 Å². The van der Waals surface area contributed by atoms with E-state index in [4.69, 9.17) is 24.7 Å². The highest BCUT2D eigenvalue weighted by Crippen LogP contribution is 2.40. The summed E-state index contributed by atoms with van der Waals surface area (Å²) >= 11 is 3.22. The number of nitriles is 1. The number of carbonyl (C=O) groups excluding carboxylic acids is 3. The maximum absolute atomic E-state index is 11.8. The SMILES string of the molecule is CC(=O)OC[C@@H]1O[C@H](n2cnc(N)c3c(C#N)c(Br)nc2-3)C(OC(C)=O)C1OC(C)=O. The molecule has 3 aliphatic rings. The third-order valence-corrected chi connectivity index (χ3v) is 5.01. The van der Waals surface area contributed by atoms with Crippen molar-refractivity contribution in [2.24, 2.45) is 0 Å². The minimum atomic E-state index is -1.12. The van der Waals surface area contributed by atoms with Crippen LogP contribution in [-0.4, -0.2) is 57.4 Å². The zero-order chi connectivity index (χ0) is 22.9. The van der Waals surface area contributed by atoms with Gasteiger partial charge in [-0.1, -0.05) is 0 Å². The Kier molecular flexibility index (Phi) is 6.42. The van der Waals surface area contributed by atoms with Crippen molar-refractivity contribution in [3.63, 3.8) is 0 Å². The second-order valence-electron chi connectivity index (χ2n) is 6.64. The Bertz CT molecular complexity index is 1050. The first-order valence-corrected chi connectivity index (χ1v) is 9.78. The van der Waals surface area contributed by atoms with E-state index in [2.05, 4.69) is 25.9 Å². The molecule has 1 saturated heterocycles. The average molecular weight is 496 g/mol. The van der Waals surface area contributed by atoms with Gasteiger partial charge in [-0.2, -0.15) is 5.26 Å². The molecule has 0 spiro atoms. The molecule has 0 radical (unpaired) electrons. The summed E-state index contributed by atoms with van der Waals surface area (Å²) in [4.78, 5) is 43.2. The molecule has 4 atom stereocenters. The quantitative estimate of drug-likeness (QED) is 0.462. The molecule has 31 heavy (non-hydrogen) atoms. The number of aromatic nitrogens is 3. The molecule has 0 saturated carbocycles. The first-order valence-electron chi connectivity index (χ1n) is 8.98. The Labute approximate surface area is 184 Å². The van der Waals surface area contributed by atoms with Crippen LogP contribution in [-0.2, 0) is 33.3 Å². The van der Waals surface area contributed by atoms with Crippen LogP contribution >= 0.6 is 15.9 Å². The summed E-state index contributed by atoms with van der Waals surface area (Å²) < 4.78 is 23.4. The number of rotatable bonds is 5. The van der Waals surface area contributed by atoms with Crippen molar-refractivity contribution in [2.75, 3.05) is 12.3 Å². The zero-order valence-corrected chi connectivity index (χ0v) is 18.3. The summed E-state index contributed by atoms with van der Waals surface area (Å²) in [6, 6.07) is 2.00. The minimum absolute atomic E-state index is 0.0658. The van der Waals surface area contributed by atoms with Crippen LogP contribution in [0.15, 0.2) is 10.9 Å². The van der Waals surface area contributed by atoms with Gasteiger partial charge in [0.05, 0.1) is 11.1 Å². The average Bonchev–Trinajstić information content (AvgIpc) is 3.18. The number of fused-ring (bicyclic) bond motifs is 1. The van der Waals surface area contributed by atoms with Gasteiger partial charge in [0.1, 0.15) is 41.4 Å². The van der Waals surface area contributed by atoms with Crippen molar-refractivity contribution in [3.8, 4) is 17.5 Å². The Morgan fingerprint density at radius 1 is 1.23 bits per heavy atom. The molecule has 1 fully saturated rings. The molecule has 0 aliphatic carbocycles. The van der Waals surface area contributed by atoms with E-state index in [1.807, 2.05) is 6.07 Å². The number of hydrogen-bond donors (Lipinski definition) is 1. The number of halogens is 1. The van der Waals surface area contributed by atoms with Crippen LogP contribution in [0.5, 0.6) is 0 Å². The fraction of sp³-hybridized carbons (Fsp3) is 0.444. The highest BCUT2D eigenvalue weighted by atomic mass is 79.9. The molecule has 2 unspecified atom stereocenters. The number of carbonyl (C=O) groups is 3. The Morgan fingerprint density at radius 3 is 2.45 bits per heavy atom. The molecule has 0 aromatic carbocycles. The topological polar surface area (TPSA) is 169 Å². The third kappa shape index (κ3) is 4.44. The largest absolute Gasteiger partial charge is 0.463 e. The van der Waals surface area contributed by atoms with E-state index in [-0.39, 0.29) is 34.0 Å². The predicted molar refractivity (Wildman–Crippen MR) is 105 cm³/mol. The minimum Gasteiger partial charge on any atom is -0.463 e. The van der Waals surface area contributed by atoms with E-state index >= 15 is 0 Å². The number of nitrogen functional groups attached to an aromatic ring is 1. The van der Waals surface area contributed by atoms with Crippen LogP contribution < -0.4 is 5.73 Å². The summed E-state index contributed by atoms with van der Waals surface area (Å²) in [5, 5.41) is 9.44. The number of nitrogens with two attached hydrogens (primary N) is 1. The zero-order valence-electron chi connectivity index (χ0n) is 16.7. The summed E-state index contributed by atoms with van der Waals surface area (Å²) in [5.74, 6) is -1.57. The standard InChI is InChI=1S/C18H18BrN5O7/c1-7(25)28-5-11-13(29-8(2)26)14(30-9(3)27)18(31-11)24-6-22-16(21)12-10(4-20)15(19)23-17(12)24/h6,11,13-14,18H,5,21H2,1-3H3/t11-,13?,14?,18-/m0/s1. The van der Waals surface area contributed by atoms with E-state index < -0.39 is 42.4 Å². The van der Waals surface area contributed by atoms with Crippen LogP contribution in [0.1, 0.15) is 32.6 Å². The van der Waals surface area contributed by atoms with Gasteiger partial charge in [0.2, 0.25) is 0 Å². The molecule has 3 aliphatic heterocycles. The second-order valence-corrected chi connectivity index (χ2v) is 7.39. The summed E-state index contributed by atoms with van der Waals surface area (Å²) in [5.41, 5.74) is 6.38. The van der Waals surface area contributed by atoms with Gasteiger partial charge in [-0.25, -0.2) is 9.97 Å². The number of ether oxygens (including phenoxy) is 4. The molecule has 0 amide bonds.